The highest BCUT2D eigenvalue weighted by molar-refractivity contribution is 5.98. The molecular weight excluding hydrogens is 404 g/mol. The summed E-state index contributed by atoms with van der Waals surface area (Å²) in [5.74, 6) is 2.56. The van der Waals surface area contributed by atoms with Crippen molar-refractivity contribution >= 4 is 11.7 Å². The summed E-state index contributed by atoms with van der Waals surface area (Å²) < 4.78 is 11.3. The quantitative estimate of drug-likeness (QED) is 0.561. The normalized spacial score (nSPS) is 13.5. The Hall–Kier alpha value is -3.61. The number of aromatic nitrogens is 2. The van der Waals surface area contributed by atoms with Gasteiger partial charge in [-0.05, 0) is 74.2 Å². The average Bonchev–Trinajstić information content (AvgIpc) is 2.85. The first-order valence-corrected chi connectivity index (χ1v) is 11.1. The monoisotopic (exact) mass is 432 g/mol. The van der Waals surface area contributed by atoms with E-state index in [9.17, 15) is 4.79 Å². The molecule has 4 rings (SSSR count). The first-order chi connectivity index (χ1) is 15.7. The molecule has 2 aromatic heterocycles. The van der Waals surface area contributed by atoms with Gasteiger partial charge in [-0.15, -0.1) is 0 Å². The molecule has 1 fully saturated rings. The van der Waals surface area contributed by atoms with Crippen LogP contribution in [0.15, 0.2) is 60.9 Å². The summed E-state index contributed by atoms with van der Waals surface area (Å²) in [5.41, 5.74) is 1.51. The second-order valence-corrected chi connectivity index (χ2v) is 7.61. The fourth-order valence-corrected chi connectivity index (χ4v) is 3.72. The van der Waals surface area contributed by atoms with Crippen LogP contribution in [0.2, 0.25) is 0 Å². The molecule has 7 heteroatoms. The Morgan fingerprint density at radius 3 is 2.56 bits per heavy atom. The highest BCUT2D eigenvalue weighted by Gasteiger charge is 2.19. The fraction of sp³-hybridized carbons (Fsp3) is 0.320. The molecule has 0 spiro atoms. The lowest BCUT2D eigenvalue weighted by atomic mass is 10.1. The Kier molecular flexibility index (Phi) is 7.17. The van der Waals surface area contributed by atoms with E-state index >= 15 is 0 Å². The summed E-state index contributed by atoms with van der Waals surface area (Å²) in [6.45, 7) is 4.81. The number of hydrogen-bond donors (Lipinski definition) is 1. The van der Waals surface area contributed by atoms with Crippen LogP contribution >= 0.6 is 0 Å². The SMILES string of the molecule is CCOc1ccc(Oc2cc(CNC(=O)c3cccnc3N3CCCCC3)ccn2)cc1. The number of hydrogen-bond acceptors (Lipinski definition) is 6. The lowest BCUT2D eigenvalue weighted by Crippen LogP contribution is -2.33. The summed E-state index contributed by atoms with van der Waals surface area (Å²) in [7, 11) is 0. The van der Waals surface area contributed by atoms with Crippen LogP contribution in [-0.4, -0.2) is 35.6 Å². The highest BCUT2D eigenvalue weighted by Crippen LogP contribution is 2.24. The third kappa shape index (κ3) is 5.55. The number of anilines is 1. The molecule has 1 amide bonds. The van der Waals surface area contributed by atoms with Gasteiger partial charge in [0.05, 0.1) is 12.2 Å². The van der Waals surface area contributed by atoms with E-state index in [0.717, 1.165) is 43.1 Å². The molecule has 166 valence electrons. The molecule has 1 saturated heterocycles. The van der Waals surface area contributed by atoms with E-state index in [1.54, 1.807) is 18.5 Å². The number of amides is 1. The number of rotatable bonds is 8. The highest BCUT2D eigenvalue weighted by atomic mass is 16.5. The van der Waals surface area contributed by atoms with Crippen molar-refractivity contribution in [1.29, 1.82) is 0 Å². The molecule has 0 bridgehead atoms. The van der Waals surface area contributed by atoms with Crippen molar-refractivity contribution in [2.45, 2.75) is 32.7 Å². The van der Waals surface area contributed by atoms with Gasteiger partial charge >= 0.3 is 0 Å². The number of pyridine rings is 2. The summed E-state index contributed by atoms with van der Waals surface area (Å²) in [6.07, 6.45) is 6.91. The Balaban J connectivity index is 1.39. The van der Waals surface area contributed by atoms with Crippen molar-refractivity contribution in [1.82, 2.24) is 15.3 Å². The van der Waals surface area contributed by atoms with Gasteiger partial charge in [-0.1, -0.05) is 0 Å². The zero-order valence-electron chi connectivity index (χ0n) is 18.3. The van der Waals surface area contributed by atoms with Gasteiger partial charge in [0, 0.05) is 38.1 Å². The lowest BCUT2D eigenvalue weighted by Gasteiger charge is -2.29. The molecule has 0 aliphatic carbocycles. The minimum Gasteiger partial charge on any atom is -0.494 e. The molecular formula is C25H28N4O3. The minimum absolute atomic E-state index is 0.135. The summed E-state index contributed by atoms with van der Waals surface area (Å²) >= 11 is 0. The zero-order chi connectivity index (χ0) is 22.2. The van der Waals surface area contributed by atoms with Gasteiger partial charge in [0.1, 0.15) is 17.3 Å². The molecule has 7 nitrogen and oxygen atoms in total. The molecule has 1 aliphatic heterocycles. The van der Waals surface area contributed by atoms with Crippen LogP contribution in [0.25, 0.3) is 0 Å². The van der Waals surface area contributed by atoms with E-state index < -0.39 is 0 Å². The molecule has 32 heavy (non-hydrogen) atoms. The molecule has 0 unspecified atom stereocenters. The number of nitrogens with one attached hydrogen (secondary N) is 1. The van der Waals surface area contributed by atoms with Crippen molar-refractivity contribution in [2.24, 2.45) is 0 Å². The number of ether oxygens (including phenoxy) is 2. The standard InChI is InChI=1S/C25H28N4O3/c1-2-31-20-8-10-21(11-9-20)32-23-17-19(12-14-26-23)18-28-25(30)22-7-6-13-27-24(22)29-15-4-3-5-16-29/h6-14,17H,2-5,15-16,18H2,1H3,(H,28,30). The van der Waals surface area contributed by atoms with Gasteiger partial charge in [-0.3, -0.25) is 4.79 Å². The van der Waals surface area contributed by atoms with Crippen LogP contribution in [0, 0.1) is 0 Å². The number of benzene rings is 1. The maximum atomic E-state index is 12.9. The molecule has 1 N–H and O–H groups in total. The molecule has 3 heterocycles. The summed E-state index contributed by atoms with van der Waals surface area (Å²) in [5, 5.41) is 3.00. The topological polar surface area (TPSA) is 76.6 Å². The largest absolute Gasteiger partial charge is 0.494 e. The van der Waals surface area contributed by atoms with E-state index in [4.69, 9.17) is 9.47 Å². The summed E-state index contributed by atoms with van der Waals surface area (Å²) in [6, 6.07) is 14.7. The van der Waals surface area contributed by atoms with Crippen LogP contribution in [-0.2, 0) is 6.54 Å². The maximum Gasteiger partial charge on any atom is 0.255 e. The van der Waals surface area contributed by atoms with Crippen molar-refractivity contribution in [3.63, 3.8) is 0 Å². The molecule has 0 radical (unpaired) electrons. The van der Waals surface area contributed by atoms with Gasteiger partial charge in [0.2, 0.25) is 5.88 Å². The van der Waals surface area contributed by atoms with Crippen LogP contribution < -0.4 is 19.7 Å². The van der Waals surface area contributed by atoms with Crippen LogP contribution in [0.1, 0.15) is 42.1 Å². The maximum absolute atomic E-state index is 12.9. The van der Waals surface area contributed by atoms with Crippen LogP contribution in [0.5, 0.6) is 17.4 Å². The zero-order valence-corrected chi connectivity index (χ0v) is 18.3. The molecule has 3 aromatic rings. The fourth-order valence-electron chi connectivity index (χ4n) is 3.72. The number of carbonyl (C=O) groups is 1. The lowest BCUT2D eigenvalue weighted by molar-refractivity contribution is 0.0951. The minimum atomic E-state index is -0.135. The Labute approximate surface area is 188 Å². The molecule has 0 saturated carbocycles. The van der Waals surface area contributed by atoms with E-state index in [1.165, 1.54) is 6.42 Å². The molecule has 1 aromatic carbocycles. The Bertz CT molecular complexity index is 1030. The summed E-state index contributed by atoms with van der Waals surface area (Å²) in [4.78, 5) is 23.9. The third-order valence-corrected chi connectivity index (χ3v) is 5.30. The number of nitrogens with zero attached hydrogens (tertiary/aromatic N) is 3. The van der Waals surface area contributed by atoms with Crippen molar-refractivity contribution in [2.75, 3.05) is 24.6 Å². The van der Waals surface area contributed by atoms with Gasteiger partial charge < -0.3 is 19.7 Å². The number of piperidine rings is 1. The van der Waals surface area contributed by atoms with Crippen molar-refractivity contribution in [3.05, 3.63) is 72.1 Å². The van der Waals surface area contributed by atoms with E-state index in [2.05, 4.69) is 20.2 Å². The first kappa shape index (κ1) is 21.6. The van der Waals surface area contributed by atoms with E-state index in [1.807, 2.05) is 49.4 Å². The number of carbonyl (C=O) groups excluding carboxylic acids is 1. The van der Waals surface area contributed by atoms with Gasteiger partial charge in [-0.2, -0.15) is 0 Å². The average molecular weight is 433 g/mol. The second-order valence-electron chi connectivity index (χ2n) is 7.61. The predicted octanol–water partition coefficient (Wildman–Crippen LogP) is 4.59. The molecule has 1 aliphatic rings. The second kappa shape index (κ2) is 10.6. The van der Waals surface area contributed by atoms with Crippen LogP contribution in [0.4, 0.5) is 5.82 Å². The smallest absolute Gasteiger partial charge is 0.255 e. The van der Waals surface area contributed by atoms with Crippen molar-refractivity contribution < 1.29 is 14.3 Å². The molecule has 0 atom stereocenters. The third-order valence-electron chi connectivity index (χ3n) is 5.30. The van der Waals surface area contributed by atoms with Gasteiger partial charge in [-0.25, -0.2) is 9.97 Å². The van der Waals surface area contributed by atoms with Crippen molar-refractivity contribution in [3.8, 4) is 17.4 Å². The van der Waals surface area contributed by atoms with Crippen LogP contribution in [0.3, 0.4) is 0 Å². The Morgan fingerprint density at radius 2 is 1.78 bits per heavy atom. The predicted molar refractivity (Wildman–Crippen MR) is 123 cm³/mol. The Morgan fingerprint density at radius 1 is 1.00 bits per heavy atom. The van der Waals surface area contributed by atoms with E-state index in [0.29, 0.717) is 30.3 Å². The van der Waals surface area contributed by atoms with Gasteiger partial charge in [0.25, 0.3) is 5.91 Å². The van der Waals surface area contributed by atoms with Gasteiger partial charge in [0.15, 0.2) is 0 Å². The van der Waals surface area contributed by atoms with E-state index in [-0.39, 0.29) is 5.91 Å². The first-order valence-electron chi connectivity index (χ1n) is 11.1.